The number of aromatic nitrogens is 3. The maximum absolute atomic E-state index is 12.6. The molecule has 30 heavy (non-hydrogen) atoms. The van der Waals surface area contributed by atoms with Gasteiger partial charge in [-0.2, -0.15) is 0 Å². The maximum atomic E-state index is 12.6. The molecule has 9 nitrogen and oxygen atoms in total. The number of amides is 1. The van der Waals surface area contributed by atoms with Gasteiger partial charge in [-0.05, 0) is 36.8 Å². The SMILES string of the molecule is O=C(O)c1ccc(Nc2cc(Cl)ncc2-c2nnc(C(=O)N3CC[C@@H](O)C3)s2)cc1. The number of nitrogens with one attached hydrogen (secondary N) is 1. The van der Waals surface area contributed by atoms with E-state index in [1.54, 1.807) is 23.1 Å². The Hall–Kier alpha value is -3.08. The van der Waals surface area contributed by atoms with Crippen LogP contribution in [0.5, 0.6) is 0 Å². The van der Waals surface area contributed by atoms with E-state index in [-0.39, 0.29) is 28.2 Å². The number of aromatic carboxylic acids is 1. The molecule has 0 saturated carbocycles. The van der Waals surface area contributed by atoms with E-state index >= 15 is 0 Å². The van der Waals surface area contributed by atoms with Gasteiger partial charge in [-0.25, -0.2) is 9.78 Å². The topological polar surface area (TPSA) is 129 Å². The predicted octanol–water partition coefficient (Wildman–Crippen LogP) is 2.90. The molecular formula is C19H16ClN5O4S. The molecule has 0 radical (unpaired) electrons. The highest BCUT2D eigenvalue weighted by atomic mass is 35.5. The third kappa shape index (κ3) is 4.25. The molecule has 1 aliphatic heterocycles. The minimum Gasteiger partial charge on any atom is -0.478 e. The number of benzene rings is 1. The van der Waals surface area contributed by atoms with Crippen LogP contribution in [0.2, 0.25) is 5.15 Å². The number of hydrogen-bond acceptors (Lipinski definition) is 8. The molecule has 11 heteroatoms. The van der Waals surface area contributed by atoms with Crippen molar-refractivity contribution < 1.29 is 19.8 Å². The number of aliphatic hydroxyl groups is 1. The molecule has 0 unspecified atom stereocenters. The van der Waals surface area contributed by atoms with Crippen LogP contribution in [0, 0.1) is 0 Å². The average molecular weight is 446 g/mol. The molecule has 0 bridgehead atoms. The first kappa shape index (κ1) is 20.2. The maximum Gasteiger partial charge on any atom is 0.335 e. The van der Waals surface area contributed by atoms with Crippen molar-refractivity contribution in [2.45, 2.75) is 12.5 Å². The largest absolute Gasteiger partial charge is 0.478 e. The predicted molar refractivity (Wildman–Crippen MR) is 111 cm³/mol. The molecule has 3 N–H and O–H groups in total. The summed E-state index contributed by atoms with van der Waals surface area (Å²) in [5.74, 6) is -1.28. The van der Waals surface area contributed by atoms with E-state index in [4.69, 9.17) is 16.7 Å². The standard InChI is InChI=1S/C19H16ClN5O4S/c20-15-7-14(22-11-3-1-10(2-4-11)19(28)29)13(8-21-15)16-23-24-17(30-16)18(27)25-6-5-12(26)9-25/h1-4,7-8,12,26H,5-6,9H2,(H,21,22)(H,28,29)/t12-/m1/s1. The molecular weight excluding hydrogens is 430 g/mol. The average Bonchev–Trinajstić information content (AvgIpc) is 3.37. The van der Waals surface area contributed by atoms with E-state index in [1.165, 1.54) is 18.3 Å². The third-order valence-electron chi connectivity index (χ3n) is 4.57. The van der Waals surface area contributed by atoms with Crippen molar-refractivity contribution in [3.05, 3.63) is 52.3 Å². The summed E-state index contributed by atoms with van der Waals surface area (Å²) in [6.45, 7) is 0.770. The quantitative estimate of drug-likeness (QED) is 0.511. The number of halogens is 1. The summed E-state index contributed by atoms with van der Waals surface area (Å²) in [6, 6.07) is 7.85. The van der Waals surface area contributed by atoms with Crippen LogP contribution < -0.4 is 5.32 Å². The fraction of sp³-hybridized carbons (Fsp3) is 0.211. The lowest BCUT2D eigenvalue weighted by Gasteiger charge is -2.12. The van der Waals surface area contributed by atoms with Gasteiger partial charge >= 0.3 is 5.97 Å². The minimum atomic E-state index is -1.01. The van der Waals surface area contributed by atoms with E-state index in [0.29, 0.717) is 34.9 Å². The number of likely N-dealkylation sites (tertiary alicyclic amines) is 1. The molecule has 4 rings (SSSR count). The van der Waals surface area contributed by atoms with E-state index < -0.39 is 12.1 Å². The van der Waals surface area contributed by atoms with Crippen molar-refractivity contribution in [1.29, 1.82) is 0 Å². The van der Waals surface area contributed by atoms with Crippen molar-refractivity contribution in [3.8, 4) is 10.6 Å². The minimum absolute atomic E-state index is 0.174. The zero-order chi connectivity index (χ0) is 21.3. The molecule has 0 aliphatic carbocycles. The number of rotatable bonds is 5. The van der Waals surface area contributed by atoms with Gasteiger partial charge in [0.15, 0.2) is 5.01 Å². The number of carboxylic acid groups (broad SMARTS) is 1. The van der Waals surface area contributed by atoms with Gasteiger partial charge in [0.05, 0.1) is 22.9 Å². The monoisotopic (exact) mass is 445 g/mol. The number of aliphatic hydroxyl groups excluding tert-OH is 1. The second-order valence-electron chi connectivity index (χ2n) is 6.67. The van der Waals surface area contributed by atoms with Gasteiger partial charge in [-0.15, -0.1) is 10.2 Å². The highest BCUT2D eigenvalue weighted by molar-refractivity contribution is 7.16. The van der Waals surface area contributed by atoms with Crippen LogP contribution in [0.3, 0.4) is 0 Å². The van der Waals surface area contributed by atoms with Crippen LogP contribution in [0.15, 0.2) is 36.5 Å². The van der Waals surface area contributed by atoms with Crippen LogP contribution in [0.25, 0.3) is 10.6 Å². The molecule has 1 fully saturated rings. The number of β-amino-alcohol motifs (C(OH)–C–C–N with tert-alkyl or cyclic N) is 1. The van der Waals surface area contributed by atoms with Gasteiger partial charge < -0.3 is 20.4 Å². The van der Waals surface area contributed by atoms with Crippen molar-refractivity contribution >= 4 is 46.2 Å². The van der Waals surface area contributed by atoms with Crippen LogP contribution >= 0.6 is 22.9 Å². The lowest BCUT2D eigenvalue weighted by atomic mass is 10.2. The molecule has 1 aliphatic rings. The summed E-state index contributed by atoms with van der Waals surface area (Å²) in [4.78, 5) is 29.2. The van der Waals surface area contributed by atoms with Crippen LogP contribution in [0.4, 0.5) is 11.4 Å². The summed E-state index contributed by atoms with van der Waals surface area (Å²) in [7, 11) is 0. The van der Waals surface area contributed by atoms with Gasteiger partial charge in [0.25, 0.3) is 5.91 Å². The zero-order valence-electron chi connectivity index (χ0n) is 15.4. The Morgan fingerprint density at radius 3 is 2.67 bits per heavy atom. The van der Waals surface area contributed by atoms with Crippen molar-refractivity contribution in [1.82, 2.24) is 20.1 Å². The first-order valence-corrected chi connectivity index (χ1v) is 10.2. The normalized spacial score (nSPS) is 15.9. The number of anilines is 2. The van der Waals surface area contributed by atoms with E-state index in [1.807, 2.05) is 0 Å². The summed E-state index contributed by atoms with van der Waals surface area (Å²) in [5, 5.41) is 30.9. The zero-order valence-corrected chi connectivity index (χ0v) is 17.0. The molecule has 0 spiro atoms. The Morgan fingerprint density at radius 1 is 1.23 bits per heavy atom. The number of carboxylic acids is 1. The molecule has 154 valence electrons. The van der Waals surface area contributed by atoms with Crippen molar-refractivity contribution in [3.63, 3.8) is 0 Å². The fourth-order valence-corrected chi connectivity index (χ4v) is 4.03. The van der Waals surface area contributed by atoms with E-state index in [9.17, 15) is 14.7 Å². The smallest absolute Gasteiger partial charge is 0.335 e. The van der Waals surface area contributed by atoms with Gasteiger partial charge in [-0.3, -0.25) is 4.79 Å². The molecule has 2 aromatic heterocycles. The molecule has 1 amide bonds. The lowest BCUT2D eigenvalue weighted by Crippen LogP contribution is -2.29. The fourth-order valence-electron chi connectivity index (χ4n) is 3.04. The summed E-state index contributed by atoms with van der Waals surface area (Å²) < 4.78 is 0. The Kier molecular flexibility index (Phi) is 5.62. The summed E-state index contributed by atoms with van der Waals surface area (Å²) in [6.07, 6.45) is 1.57. The van der Waals surface area contributed by atoms with E-state index in [2.05, 4.69) is 20.5 Å². The second-order valence-corrected chi connectivity index (χ2v) is 8.03. The first-order valence-electron chi connectivity index (χ1n) is 8.98. The Morgan fingerprint density at radius 2 is 2.00 bits per heavy atom. The van der Waals surface area contributed by atoms with Crippen LogP contribution in [-0.2, 0) is 0 Å². The summed E-state index contributed by atoms with van der Waals surface area (Å²) >= 11 is 7.17. The Labute approximate surface area is 180 Å². The van der Waals surface area contributed by atoms with Crippen LogP contribution in [-0.4, -0.2) is 61.4 Å². The number of pyridine rings is 1. The van der Waals surface area contributed by atoms with Gasteiger partial charge in [0.1, 0.15) is 5.15 Å². The van der Waals surface area contributed by atoms with E-state index in [0.717, 1.165) is 11.3 Å². The van der Waals surface area contributed by atoms with Crippen molar-refractivity contribution in [2.75, 3.05) is 18.4 Å². The van der Waals surface area contributed by atoms with Crippen LogP contribution in [0.1, 0.15) is 26.6 Å². The molecule has 1 saturated heterocycles. The molecule has 1 atom stereocenters. The molecule has 1 aromatic carbocycles. The third-order valence-corrected chi connectivity index (χ3v) is 5.72. The lowest BCUT2D eigenvalue weighted by molar-refractivity contribution is 0.0696. The Balaban J connectivity index is 1.60. The van der Waals surface area contributed by atoms with Gasteiger partial charge in [0, 0.05) is 25.0 Å². The molecule has 3 aromatic rings. The number of nitrogens with zero attached hydrogens (tertiary/aromatic N) is 4. The highest BCUT2D eigenvalue weighted by Crippen LogP contribution is 2.34. The number of carbonyl (C=O) groups is 2. The second kappa shape index (κ2) is 8.34. The Bertz CT molecular complexity index is 1100. The number of hydrogen-bond donors (Lipinski definition) is 3. The first-order chi connectivity index (χ1) is 14.4. The van der Waals surface area contributed by atoms with Gasteiger partial charge in [0.2, 0.25) is 5.01 Å². The van der Waals surface area contributed by atoms with Gasteiger partial charge in [-0.1, -0.05) is 22.9 Å². The summed E-state index contributed by atoms with van der Waals surface area (Å²) in [5.41, 5.74) is 2.01. The molecule has 3 heterocycles. The number of carbonyl (C=O) groups excluding carboxylic acids is 1. The van der Waals surface area contributed by atoms with Crippen molar-refractivity contribution in [2.24, 2.45) is 0 Å². The highest BCUT2D eigenvalue weighted by Gasteiger charge is 2.28.